The molecule has 1 atom stereocenters. The lowest BCUT2D eigenvalue weighted by molar-refractivity contribution is -0.159. The van der Waals surface area contributed by atoms with Gasteiger partial charge >= 0.3 is 12.1 Å². The Kier molecular flexibility index (Phi) is 10.7. The van der Waals surface area contributed by atoms with Crippen molar-refractivity contribution in [3.05, 3.63) is 65.6 Å². The number of nitrogens with one attached hydrogen (secondary N) is 1. The van der Waals surface area contributed by atoms with Gasteiger partial charge in [0.2, 0.25) is 6.79 Å². The van der Waals surface area contributed by atoms with Crippen molar-refractivity contribution >= 4 is 23.8 Å². The Labute approximate surface area is 242 Å². The molecule has 4 rings (SSSR count). The fraction of sp³-hybridized carbons (Fsp3) is 0.433. The standard InChI is InChI=1S/C30H34F2N4O6/c1-3-40-30(39)42-17-41-29(38)20-6-4-19(5-7-20)23(16-37)24-9-8-22(15-34-24)25-12-18(2)13-27(35-25)36-26-14-21(28(31)32)10-11-33-26/h8-15,19-20,23,28,37H,3-7,16-17H2,1-2H3,(H,33,35,36). The summed E-state index contributed by atoms with van der Waals surface area (Å²) in [5.74, 6) is -0.0486. The highest BCUT2D eigenvalue weighted by molar-refractivity contribution is 5.72. The predicted octanol–water partition coefficient (Wildman–Crippen LogP) is 6.08. The number of alkyl halides is 2. The Morgan fingerprint density at radius 3 is 2.48 bits per heavy atom. The molecule has 3 aromatic heterocycles. The van der Waals surface area contributed by atoms with Gasteiger partial charge in [-0.15, -0.1) is 0 Å². The van der Waals surface area contributed by atoms with Gasteiger partial charge in [-0.05, 0) is 87.4 Å². The van der Waals surface area contributed by atoms with E-state index < -0.39 is 25.3 Å². The van der Waals surface area contributed by atoms with E-state index in [1.54, 1.807) is 19.2 Å². The zero-order valence-electron chi connectivity index (χ0n) is 23.5. The third kappa shape index (κ3) is 8.19. The number of anilines is 2. The molecule has 1 unspecified atom stereocenters. The molecular weight excluding hydrogens is 550 g/mol. The number of halogens is 2. The van der Waals surface area contributed by atoms with Crippen LogP contribution in [0.2, 0.25) is 0 Å². The van der Waals surface area contributed by atoms with Crippen molar-refractivity contribution < 1.29 is 37.7 Å². The first-order valence-electron chi connectivity index (χ1n) is 13.8. The fourth-order valence-electron chi connectivity index (χ4n) is 5.09. The first-order valence-corrected chi connectivity index (χ1v) is 13.8. The van der Waals surface area contributed by atoms with E-state index >= 15 is 0 Å². The maximum absolute atomic E-state index is 13.1. The molecule has 0 aromatic carbocycles. The molecule has 1 aliphatic rings. The molecule has 0 radical (unpaired) electrons. The molecule has 0 aliphatic heterocycles. The van der Waals surface area contributed by atoms with E-state index in [0.29, 0.717) is 37.2 Å². The molecule has 10 nitrogen and oxygen atoms in total. The topological polar surface area (TPSA) is 133 Å². The number of aryl methyl sites for hydroxylation is 1. The van der Waals surface area contributed by atoms with Gasteiger partial charge in [0.25, 0.3) is 6.43 Å². The smallest absolute Gasteiger partial charge is 0.435 e. The van der Waals surface area contributed by atoms with Crippen molar-refractivity contribution in [1.29, 1.82) is 0 Å². The first kappa shape index (κ1) is 30.8. The Morgan fingerprint density at radius 2 is 1.81 bits per heavy atom. The summed E-state index contributed by atoms with van der Waals surface area (Å²) < 4.78 is 40.5. The summed E-state index contributed by atoms with van der Waals surface area (Å²) in [4.78, 5) is 36.9. The van der Waals surface area contributed by atoms with Crippen LogP contribution in [0.15, 0.2) is 48.8 Å². The molecular formula is C30H34F2N4O6. The van der Waals surface area contributed by atoms with E-state index in [4.69, 9.17) is 9.47 Å². The second kappa shape index (κ2) is 14.6. The van der Waals surface area contributed by atoms with Crippen molar-refractivity contribution in [2.24, 2.45) is 11.8 Å². The zero-order valence-corrected chi connectivity index (χ0v) is 23.5. The number of hydrogen-bond acceptors (Lipinski definition) is 10. The number of hydrogen-bond donors (Lipinski definition) is 2. The highest BCUT2D eigenvalue weighted by atomic mass is 19.3. The first-order chi connectivity index (χ1) is 20.3. The van der Waals surface area contributed by atoms with Crippen molar-refractivity contribution in [2.75, 3.05) is 25.3 Å². The summed E-state index contributed by atoms with van der Waals surface area (Å²) in [6, 6.07) is 10.0. The van der Waals surface area contributed by atoms with E-state index in [1.165, 1.54) is 18.3 Å². The number of carbonyl (C=O) groups excluding carboxylic acids is 2. The van der Waals surface area contributed by atoms with Crippen LogP contribution in [0.4, 0.5) is 25.2 Å². The Hall–Kier alpha value is -4.19. The van der Waals surface area contributed by atoms with Gasteiger partial charge in [0.1, 0.15) is 11.6 Å². The molecule has 0 spiro atoms. The minimum Gasteiger partial charge on any atom is -0.435 e. The molecule has 224 valence electrons. The molecule has 12 heteroatoms. The summed E-state index contributed by atoms with van der Waals surface area (Å²) in [7, 11) is 0. The molecule has 3 heterocycles. The van der Waals surface area contributed by atoms with Gasteiger partial charge in [0, 0.05) is 35.1 Å². The Morgan fingerprint density at radius 1 is 1.02 bits per heavy atom. The second-order valence-electron chi connectivity index (χ2n) is 10.1. The molecule has 0 amide bonds. The molecule has 1 fully saturated rings. The van der Waals surface area contributed by atoms with E-state index in [9.17, 15) is 23.5 Å². The molecule has 42 heavy (non-hydrogen) atoms. The number of rotatable bonds is 11. The van der Waals surface area contributed by atoms with E-state index in [1.807, 2.05) is 25.1 Å². The highest BCUT2D eigenvalue weighted by Crippen LogP contribution is 2.38. The number of nitrogens with zero attached hydrogens (tertiary/aromatic N) is 3. The average Bonchev–Trinajstić information content (AvgIpc) is 2.98. The van der Waals surface area contributed by atoms with Crippen molar-refractivity contribution in [1.82, 2.24) is 15.0 Å². The number of aliphatic hydroxyl groups is 1. The quantitative estimate of drug-likeness (QED) is 0.202. The SMILES string of the molecule is CCOC(=O)OCOC(=O)C1CCC(C(CO)c2ccc(-c3cc(C)cc(Nc4cc(C(F)F)ccn4)n3)cn2)CC1. The Balaban J connectivity index is 1.36. The van der Waals surface area contributed by atoms with Crippen LogP contribution in [0.5, 0.6) is 0 Å². The number of ether oxygens (including phenoxy) is 3. The van der Waals surface area contributed by atoms with Crippen LogP contribution in [0.3, 0.4) is 0 Å². The molecule has 0 bridgehead atoms. The van der Waals surface area contributed by atoms with Gasteiger partial charge in [-0.3, -0.25) is 9.78 Å². The van der Waals surface area contributed by atoms with Crippen LogP contribution in [0.1, 0.15) is 61.8 Å². The summed E-state index contributed by atoms with van der Waals surface area (Å²) in [6.07, 6.45) is 2.14. The summed E-state index contributed by atoms with van der Waals surface area (Å²) in [5, 5.41) is 13.2. The molecule has 1 saturated carbocycles. The van der Waals surface area contributed by atoms with Crippen LogP contribution >= 0.6 is 0 Å². The molecule has 3 aromatic rings. The van der Waals surface area contributed by atoms with E-state index in [0.717, 1.165) is 16.8 Å². The van der Waals surface area contributed by atoms with Gasteiger partial charge in [0.05, 0.1) is 24.8 Å². The number of aromatic nitrogens is 3. The van der Waals surface area contributed by atoms with Gasteiger partial charge in [-0.2, -0.15) is 0 Å². The van der Waals surface area contributed by atoms with Crippen LogP contribution in [0.25, 0.3) is 11.3 Å². The lowest BCUT2D eigenvalue weighted by atomic mass is 9.75. The van der Waals surface area contributed by atoms with Gasteiger partial charge < -0.3 is 24.6 Å². The monoisotopic (exact) mass is 584 g/mol. The largest absolute Gasteiger partial charge is 0.511 e. The number of aliphatic hydroxyl groups excluding tert-OH is 1. The Bertz CT molecular complexity index is 1350. The zero-order chi connectivity index (χ0) is 30.1. The van der Waals surface area contributed by atoms with Gasteiger partial charge in [-0.1, -0.05) is 0 Å². The van der Waals surface area contributed by atoms with Crippen LogP contribution in [-0.4, -0.2) is 52.2 Å². The van der Waals surface area contributed by atoms with Crippen molar-refractivity contribution in [3.8, 4) is 11.3 Å². The lowest BCUT2D eigenvalue weighted by Crippen LogP contribution is -2.28. The molecule has 2 N–H and O–H groups in total. The van der Waals surface area contributed by atoms with E-state index in [-0.39, 0.29) is 42.3 Å². The minimum absolute atomic E-state index is 0.0824. The fourth-order valence-corrected chi connectivity index (χ4v) is 5.09. The molecule has 0 saturated heterocycles. The minimum atomic E-state index is -2.60. The predicted molar refractivity (Wildman–Crippen MR) is 149 cm³/mol. The number of carbonyl (C=O) groups is 2. The van der Waals surface area contributed by atoms with Crippen molar-refractivity contribution in [2.45, 2.75) is 51.9 Å². The maximum atomic E-state index is 13.1. The van der Waals surface area contributed by atoms with Crippen LogP contribution in [-0.2, 0) is 19.0 Å². The third-order valence-electron chi connectivity index (χ3n) is 7.23. The average molecular weight is 585 g/mol. The maximum Gasteiger partial charge on any atom is 0.511 e. The highest BCUT2D eigenvalue weighted by Gasteiger charge is 2.32. The number of esters is 1. The van der Waals surface area contributed by atoms with Gasteiger partial charge in [0.15, 0.2) is 0 Å². The number of pyridine rings is 3. The van der Waals surface area contributed by atoms with Crippen LogP contribution in [0, 0.1) is 18.8 Å². The van der Waals surface area contributed by atoms with Gasteiger partial charge in [-0.25, -0.2) is 23.5 Å². The van der Waals surface area contributed by atoms with E-state index in [2.05, 4.69) is 25.0 Å². The molecule has 1 aliphatic carbocycles. The normalized spacial score (nSPS) is 17.4. The summed E-state index contributed by atoms with van der Waals surface area (Å²) in [6.45, 7) is 3.15. The third-order valence-corrected chi connectivity index (χ3v) is 7.23. The summed E-state index contributed by atoms with van der Waals surface area (Å²) in [5.41, 5.74) is 2.93. The second-order valence-corrected chi connectivity index (χ2v) is 10.1. The van der Waals surface area contributed by atoms with Crippen LogP contribution < -0.4 is 5.32 Å². The summed E-state index contributed by atoms with van der Waals surface area (Å²) >= 11 is 0. The van der Waals surface area contributed by atoms with Crippen molar-refractivity contribution in [3.63, 3.8) is 0 Å². The lowest BCUT2D eigenvalue weighted by Gasteiger charge is -2.32.